The molecule has 0 radical (unpaired) electrons. The first kappa shape index (κ1) is 19.4. The molecule has 1 aromatic rings. The number of nitrogens with zero attached hydrogens (tertiary/aromatic N) is 2. The largest absolute Gasteiger partial charge is 0.347 e. The molecule has 0 atom stereocenters. The Labute approximate surface area is 149 Å². The van der Waals surface area contributed by atoms with Gasteiger partial charge >= 0.3 is 0 Å². The van der Waals surface area contributed by atoms with Crippen molar-refractivity contribution in [3.05, 3.63) is 35.6 Å². The Morgan fingerprint density at radius 1 is 1.08 bits per heavy atom. The van der Waals surface area contributed by atoms with Crippen LogP contribution in [0.15, 0.2) is 24.3 Å². The third kappa shape index (κ3) is 6.12. The molecule has 0 spiro atoms. The highest BCUT2D eigenvalue weighted by Crippen LogP contribution is 2.13. The van der Waals surface area contributed by atoms with Crippen LogP contribution in [-0.4, -0.2) is 54.3 Å². The van der Waals surface area contributed by atoms with Crippen LogP contribution < -0.4 is 5.32 Å². The lowest BCUT2D eigenvalue weighted by Crippen LogP contribution is -2.44. The Morgan fingerprint density at radius 3 is 2.40 bits per heavy atom. The van der Waals surface area contributed by atoms with E-state index >= 15 is 0 Å². The highest BCUT2D eigenvalue weighted by atomic mass is 19.1. The van der Waals surface area contributed by atoms with E-state index in [2.05, 4.69) is 10.2 Å². The van der Waals surface area contributed by atoms with Gasteiger partial charge in [-0.3, -0.25) is 14.5 Å². The van der Waals surface area contributed by atoms with Gasteiger partial charge in [-0.15, -0.1) is 0 Å². The fraction of sp³-hybridized carbons (Fsp3) is 0.579. The Kier molecular flexibility index (Phi) is 6.53. The molecule has 1 aromatic carbocycles. The van der Waals surface area contributed by atoms with E-state index < -0.39 is 5.41 Å². The molecule has 2 rings (SSSR count). The molecule has 1 aliphatic heterocycles. The molecule has 25 heavy (non-hydrogen) atoms. The van der Waals surface area contributed by atoms with Crippen LogP contribution >= 0.6 is 0 Å². The Hall–Kier alpha value is -1.95. The summed E-state index contributed by atoms with van der Waals surface area (Å²) in [5.74, 6) is -0.386. The third-order valence-electron chi connectivity index (χ3n) is 4.34. The van der Waals surface area contributed by atoms with E-state index in [0.29, 0.717) is 13.1 Å². The van der Waals surface area contributed by atoms with Crippen LogP contribution in [-0.2, 0) is 16.1 Å². The number of hydrogen-bond donors (Lipinski definition) is 1. The van der Waals surface area contributed by atoms with Crippen LogP contribution in [0.5, 0.6) is 0 Å². The van der Waals surface area contributed by atoms with Gasteiger partial charge in [0.1, 0.15) is 5.82 Å². The van der Waals surface area contributed by atoms with Crippen molar-refractivity contribution in [1.29, 1.82) is 0 Å². The van der Waals surface area contributed by atoms with Crippen molar-refractivity contribution < 1.29 is 14.0 Å². The monoisotopic (exact) mass is 349 g/mol. The lowest BCUT2D eigenvalue weighted by molar-refractivity contribution is -0.135. The highest BCUT2D eigenvalue weighted by Gasteiger charge is 2.23. The lowest BCUT2D eigenvalue weighted by Gasteiger charge is -2.23. The summed E-state index contributed by atoms with van der Waals surface area (Å²) in [6.07, 6.45) is 0.889. The van der Waals surface area contributed by atoms with Gasteiger partial charge in [-0.1, -0.05) is 32.9 Å². The zero-order valence-corrected chi connectivity index (χ0v) is 15.3. The summed E-state index contributed by atoms with van der Waals surface area (Å²) in [5, 5.41) is 2.72. The van der Waals surface area contributed by atoms with Gasteiger partial charge in [-0.05, 0) is 24.1 Å². The molecule has 0 aliphatic carbocycles. The summed E-state index contributed by atoms with van der Waals surface area (Å²) in [5.41, 5.74) is 0.573. The summed E-state index contributed by atoms with van der Waals surface area (Å²) in [6, 6.07) is 6.54. The Bertz CT molecular complexity index is 596. The maximum Gasteiger partial charge on any atom is 0.242 e. The Morgan fingerprint density at radius 2 is 1.76 bits per heavy atom. The van der Waals surface area contributed by atoms with Gasteiger partial charge < -0.3 is 10.2 Å². The molecule has 1 fully saturated rings. The molecule has 6 heteroatoms. The molecule has 2 amide bonds. The summed E-state index contributed by atoms with van der Waals surface area (Å²) >= 11 is 0. The molecular formula is C19H28FN3O2. The van der Waals surface area contributed by atoms with Gasteiger partial charge in [0.05, 0.1) is 6.54 Å². The zero-order valence-electron chi connectivity index (χ0n) is 15.3. The number of nitrogens with one attached hydrogen (secondary N) is 1. The van der Waals surface area contributed by atoms with E-state index in [4.69, 9.17) is 0 Å². The maximum atomic E-state index is 13.0. The van der Waals surface area contributed by atoms with E-state index in [1.165, 1.54) is 12.1 Å². The first-order chi connectivity index (χ1) is 11.8. The van der Waals surface area contributed by atoms with Crippen LogP contribution in [0.1, 0.15) is 32.8 Å². The highest BCUT2D eigenvalue weighted by molar-refractivity contribution is 5.87. The average molecular weight is 349 g/mol. The van der Waals surface area contributed by atoms with Gasteiger partial charge in [0, 0.05) is 38.1 Å². The van der Waals surface area contributed by atoms with Crippen LogP contribution in [0.2, 0.25) is 0 Å². The second-order valence-corrected chi connectivity index (χ2v) is 7.57. The zero-order chi connectivity index (χ0) is 18.4. The van der Waals surface area contributed by atoms with E-state index in [9.17, 15) is 14.0 Å². The molecule has 0 unspecified atom stereocenters. The second kappa shape index (κ2) is 8.43. The topological polar surface area (TPSA) is 52.7 Å². The van der Waals surface area contributed by atoms with E-state index in [1.54, 1.807) is 12.1 Å². The molecule has 138 valence electrons. The number of halogens is 1. The number of hydrogen-bond acceptors (Lipinski definition) is 3. The smallest absolute Gasteiger partial charge is 0.242 e. The summed E-state index contributed by atoms with van der Waals surface area (Å²) in [6.45, 7) is 9.29. The molecular weight excluding hydrogens is 321 g/mol. The lowest BCUT2D eigenvalue weighted by atomic mass is 9.96. The minimum atomic E-state index is -0.495. The van der Waals surface area contributed by atoms with Crippen LogP contribution in [0.4, 0.5) is 4.39 Å². The predicted octanol–water partition coefficient (Wildman–Crippen LogP) is 2.02. The molecule has 1 heterocycles. The standard InChI is InChI=1S/C19H28FN3O2/c1-19(2,3)18(25)21-13-17(24)23-10-4-9-22(11-12-23)14-15-5-7-16(20)8-6-15/h5-8H,4,9-14H2,1-3H3,(H,21,25). The van der Waals surface area contributed by atoms with E-state index in [-0.39, 0.29) is 24.2 Å². The SMILES string of the molecule is CC(C)(C)C(=O)NCC(=O)N1CCCN(Cc2ccc(F)cc2)CC1. The number of rotatable bonds is 4. The van der Waals surface area contributed by atoms with Gasteiger partial charge in [-0.25, -0.2) is 4.39 Å². The third-order valence-corrected chi connectivity index (χ3v) is 4.34. The van der Waals surface area contributed by atoms with Crippen LogP contribution in [0.25, 0.3) is 0 Å². The fourth-order valence-corrected chi connectivity index (χ4v) is 2.76. The van der Waals surface area contributed by atoms with Crippen molar-refractivity contribution >= 4 is 11.8 Å². The molecule has 1 N–H and O–H groups in total. The normalized spacial score (nSPS) is 16.4. The minimum absolute atomic E-state index is 0.0405. The second-order valence-electron chi connectivity index (χ2n) is 7.57. The number of carbonyl (C=O) groups excluding carboxylic acids is 2. The summed E-state index contributed by atoms with van der Waals surface area (Å²) in [7, 11) is 0. The van der Waals surface area contributed by atoms with Crippen molar-refractivity contribution in [3.63, 3.8) is 0 Å². The maximum absolute atomic E-state index is 13.0. The molecule has 0 aromatic heterocycles. The number of amides is 2. The van der Waals surface area contributed by atoms with E-state index in [0.717, 1.165) is 31.6 Å². The molecule has 1 saturated heterocycles. The Balaban J connectivity index is 1.81. The van der Waals surface area contributed by atoms with Gasteiger partial charge in [-0.2, -0.15) is 0 Å². The van der Waals surface area contributed by atoms with E-state index in [1.807, 2.05) is 25.7 Å². The van der Waals surface area contributed by atoms with Gasteiger partial charge in [0.15, 0.2) is 0 Å². The van der Waals surface area contributed by atoms with Crippen LogP contribution in [0.3, 0.4) is 0 Å². The number of benzene rings is 1. The number of carbonyl (C=O) groups is 2. The fourth-order valence-electron chi connectivity index (χ4n) is 2.76. The summed E-state index contributed by atoms with van der Waals surface area (Å²) in [4.78, 5) is 28.3. The summed E-state index contributed by atoms with van der Waals surface area (Å²) < 4.78 is 13.0. The predicted molar refractivity (Wildman–Crippen MR) is 95.3 cm³/mol. The first-order valence-corrected chi connectivity index (χ1v) is 8.78. The van der Waals surface area contributed by atoms with Gasteiger partial charge in [0.25, 0.3) is 0 Å². The molecule has 1 aliphatic rings. The average Bonchev–Trinajstić information content (AvgIpc) is 2.79. The van der Waals surface area contributed by atoms with Crippen molar-refractivity contribution in [1.82, 2.24) is 15.1 Å². The van der Waals surface area contributed by atoms with Gasteiger partial charge in [0.2, 0.25) is 11.8 Å². The quantitative estimate of drug-likeness (QED) is 0.905. The molecule has 0 bridgehead atoms. The van der Waals surface area contributed by atoms with Crippen molar-refractivity contribution in [3.8, 4) is 0 Å². The van der Waals surface area contributed by atoms with Crippen LogP contribution in [0, 0.1) is 11.2 Å². The van der Waals surface area contributed by atoms with Crippen molar-refractivity contribution in [2.75, 3.05) is 32.7 Å². The minimum Gasteiger partial charge on any atom is -0.347 e. The first-order valence-electron chi connectivity index (χ1n) is 8.78. The molecule has 0 saturated carbocycles. The van der Waals surface area contributed by atoms with Crippen molar-refractivity contribution in [2.45, 2.75) is 33.7 Å². The van der Waals surface area contributed by atoms with Crippen molar-refractivity contribution in [2.24, 2.45) is 5.41 Å². The molecule has 5 nitrogen and oxygen atoms in total.